The molecule has 0 amide bonds. The molecule has 7 aromatic rings. The molecule has 0 atom stereocenters. The highest BCUT2D eigenvalue weighted by Crippen LogP contribution is 2.52. The van der Waals surface area contributed by atoms with Gasteiger partial charge in [0.25, 0.3) is 6.71 Å². The molecule has 2 aliphatic heterocycles. The molecule has 3 aliphatic rings. The van der Waals surface area contributed by atoms with Crippen molar-refractivity contribution in [2.24, 2.45) is 0 Å². The summed E-state index contributed by atoms with van der Waals surface area (Å²) in [5.41, 5.74) is 19.7. The van der Waals surface area contributed by atoms with Crippen LogP contribution in [0.3, 0.4) is 0 Å². The fourth-order valence-electron chi connectivity index (χ4n) is 10.8. The Kier molecular flexibility index (Phi) is 8.11. The van der Waals surface area contributed by atoms with Crippen molar-refractivity contribution in [2.45, 2.75) is 156 Å². The third-order valence-electron chi connectivity index (χ3n) is 14.8. The molecule has 0 radical (unpaired) electrons. The van der Waals surface area contributed by atoms with E-state index >= 15 is 0 Å². The predicted molar refractivity (Wildman–Crippen MR) is 266 cm³/mol. The maximum Gasteiger partial charge on any atom is 0.264 e. The van der Waals surface area contributed by atoms with Gasteiger partial charge in [-0.1, -0.05) is 141 Å². The summed E-state index contributed by atoms with van der Waals surface area (Å²) in [6.07, 6.45) is 2.40. The van der Waals surface area contributed by atoms with Crippen LogP contribution < -0.4 is 20.6 Å². The molecule has 5 aromatic carbocycles. The number of aromatic nitrogens is 1. The topological polar surface area (TPSA) is 8.17 Å². The van der Waals surface area contributed by atoms with E-state index in [1.54, 1.807) is 0 Å². The van der Waals surface area contributed by atoms with Gasteiger partial charge in [0, 0.05) is 48.2 Å². The third-order valence-corrected chi connectivity index (χ3v) is 16.0. The molecule has 0 bridgehead atoms. The molecule has 2 aromatic heterocycles. The molecule has 1 aliphatic carbocycles. The van der Waals surface area contributed by atoms with Crippen molar-refractivity contribution in [2.75, 3.05) is 4.90 Å². The van der Waals surface area contributed by atoms with E-state index in [1.165, 1.54) is 117 Å². The summed E-state index contributed by atoms with van der Waals surface area (Å²) in [6, 6.07) is 32.5. The van der Waals surface area contributed by atoms with Crippen LogP contribution in [0.15, 0.2) is 78.9 Å². The van der Waals surface area contributed by atoms with Crippen LogP contribution >= 0.6 is 11.3 Å². The van der Waals surface area contributed by atoms with Gasteiger partial charge in [-0.15, -0.1) is 11.3 Å². The molecule has 0 N–H and O–H groups in total. The second kappa shape index (κ2) is 12.2. The molecule has 4 heteroatoms. The zero-order valence-electron chi connectivity index (χ0n) is 39.3. The SMILES string of the molecule is CC(C)(C)c1cc2c3c(c1)-n1c4ccc(C(C)(C)C)cc4c4cc(C(C)(C)C)cc(c41)B3c1sc3cc(C(C)(C)C)ccc3c1N2c1ccc2c(c1)C(C)(C)CCC2(C)C. The molecule has 0 spiro atoms. The maximum atomic E-state index is 2.71. The molecule has 308 valence electrons. The maximum absolute atomic E-state index is 2.71. The Labute approximate surface area is 364 Å². The highest BCUT2D eigenvalue weighted by molar-refractivity contribution is 7.33. The van der Waals surface area contributed by atoms with E-state index in [4.69, 9.17) is 0 Å². The Hall–Kier alpha value is -4.28. The predicted octanol–water partition coefficient (Wildman–Crippen LogP) is 14.2. The van der Waals surface area contributed by atoms with Crippen molar-refractivity contribution in [1.82, 2.24) is 4.57 Å². The molecule has 0 saturated heterocycles. The second-order valence-corrected chi connectivity index (χ2v) is 25.3. The normalized spacial score (nSPS) is 17.1. The number of fused-ring (bicyclic) bond motifs is 10. The lowest BCUT2D eigenvalue weighted by atomic mass is 9.36. The van der Waals surface area contributed by atoms with E-state index in [0.717, 1.165) is 0 Å². The smallest absolute Gasteiger partial charge is 0.264 e. The van der Waals surface area contributed by atoms with Crippen LogP contribution in [-0.4, -0.2) is 11.3 Å². The zero-order valence-corrected chi connectivity index (χ0v) is 40.1. The highest BCUT2D eigenvalue weighted by atomic mass is 32.1. The van der Waals surface area contributed by atoms with Gasteiger partial charge in [-0.25, -0.2) is 0 Å². The Balaban J connectivity index is 1.40. The number of hydrogen-bond donors (Lipinski definition) is 0. The Morgan fingerprint density at radius 1 is 0.533 bits per heavy atom. The van der Waals surface area contributed by atoms with Crippen LogP contribution in [0.25, 0.3) is 37.6 Å². The number of thiophene rings is 1. The molecule has 0 unspecified atom stereocenters. The largest absolute Gasteiger partial charge is 0.310 e. The van der Waals surface area contributed by atoms with Gasteiger partial charge < -0.3 is 9.47 Å². The van der Waals surface area contributed by atoms with E-state index in [9.17, 15) is 0 Å². The molecular weight excluding hydrogens is 744 g/mol. The van der Waals surface area contributed by atoms with E-state index in [2.05, 4.69) is 199 Å². The molecule has 4 heterocycles. The number of benzene rings is 5. The fraction of sp³-hybridized carbons (Fsp3) is 0.429. The Morgan fingerprint density at radius 3 is 1.75 bits per heavy atom. The fourth-order valence-corrected chi connectivity index (χ4v) is 12.2. The van der Waals surface area contributed by atoms with Crippen molar-refractivity contribution < 1.29 is 0 Å². The minimum Gasteiger partial charge on any atom is -0.310 e. The molecule has 60 heavy (non-hydrogen) atoms. The minimum absolute atomic E-state index is 0.0189. The summed E-state index contributed by atoms with van der Waals surface area (Å²) in [6.45, 7) is 38.3. The van der Waals surface area contributed by atoms with Crippen LogP contribution in [-0.2, 0) is 32.5 Å². The van der Waals surface area contributed by atoms with Crippen LogP contribution in [0.4, 0.5) is 17.1 Å². The first kappa shape index (κ1) is 39.8. The summed E-state index contributed by atoms with van der Waals surface area (Å²) in [7, 11) is 0. The van der Waals surface area contributed by atoms with Gasteiger partial charge in [-0.2, -0.15) is 0 Å². The Morgan fingerprint density at radius 2 is 1.10 bits per heavy atom. The molecule has 0 fully saturated rings. The summed E-state index contributed by atoms with van der Waals surface area (Å²) in [4.78, 5) is 2.71. The second-order valence-electron chi connectivity index (χ2n) is 24.2. The average Bonchev–Trinajstić information content (AvgIpc) is 3.69. The first-order valence-corrected chi connectivity index (χ1v) is 23.4. The van der Waals surface area contributed by atoms with E-state index < -0.39 is 0 Å². The zero-order chi connectivity index (χ0) is 43.0. The minimum atomic E-state index is -0.0645. The number of anilines is 3. The van der Waals surface area contributed by atoms with E-state index in [1.807, 2.05) is 11.3 Å². The van der Waals surface area contributed by atoms with Crippen molar-refractivity contribution in [3.8, 4) is 5.69 Å². The Bertz CT molecular complexity index is 2970. The van der Waals surface area contributed by atoms with Crippen LogP contribution in [0, 0.1) is 0 Å². The third kappa shape index (κ3) is 5.71. The van der Waals surface area contributed by atoms with E-state index in [-0.39, 0.29) is 39.2 Å². The molecule has 2 nitrogen and oxygen atoms in total. The van der Waals surface area contributed by atoms with Crippen molar-refractivity contribution in [3.63, 3.8) is 0 Å². The van der Waals surface area contributed by atoms with Gasteiger partial charge in [0.15, 0.2) is 0 Å². The standard InChI is InChI=1S/C56H65BN2S/c1-51(2,3)32-18-22-43-38(25-32)39-26-34(53(7,8)9)27-42-48(39)59(43)45-29-35(54(10,11)12)28-44-47(45)57(42)50-49(37-20-17-33(52(4,5)6)30-46(37)60-50)58(44)36-19-21-40-41(31-36)56(15,16)24-23-55(40,13)14/h17-22,25-31H,23-24H2,1-16H3. The quantitative estimate of drug-likeness (QED) is 0.150. The van der Waals surface area contributed by atoms with Gasteiger partial charge in [0.2, 0.25) is 0 Å². The van der Waals surface area contributed by atoms with Gasteiger partial charge in [-0.05, 0) is 138 Å². The van der Waals surface area contributed by atoms with Gasteiger partial charge in [0.05, 0.1) is 11.2 Å². The summed E-state index contributed by atoms with van der Waals surface area (Å²) < 4.78 is 5.52. The van der Waals surface area contributed by atoms with Crippen LogP contribution in [0.5, 0.6) is 0 Å². The van der Waals surface area contributed by atoms with Gasteiger partial charge >= 0.3 is 0 Å². The van der Waals surface area contributed by atoms with Crippen molar-refractivity contribution in [3.05, 3.63) is 112 Å². The van der Waals surface area contributed by atoms with Gasteiger partial charge in [0.1, 0.15) is 0 Å². The lowest BCUT2D eigenvalue weighted by molar-refractivity contribution is 0.332. The van der Waals surface area contributed by atoms with Crippen LogP contribution in [0.1, 0.15) is 157 Å². The number of hydrogen-bond acceptors (Lipinski definition) is 2. The summed E-state index contributed by atoms with van der Waals surface area (Å²) in [5, 5.41) is 4.10. The highest BCUT2D eigenvalue weighted by Gasteiger charge is 2.46. The summed E-state index contributed by atoms with van der Waals surface area (Å²) >= 11 is 2.04. The van der Waals surface area contributed by atoms with Gasteiger partial charge in [-0.3, -0.25) is 0 Å². The van der Waals surface area contributed by atoms with Crippen molar-refractivity contribution in [1.29, 1.82) is 0 Å². The average molecular weight is 809 g/mol. The molecule has 0 saturated carbocycles. The first-order valence-electron chi connectivity index (χ1n) is 22.6. The molecular formula is C56H65BN2S. The lowest BCUT2D eigenvalue weighted by Crippen LogP contribution is -2.59. The number of rotatable bonds is 1. The number of nitrogens with zero attached hydrogens (tertiary/aromatic N) is 2. The first-order chi connectivity index (χ1) is 27.8. The lowest BCUT2D eigenvalue weighted by Gasteiger charge is -2.44. The monoisotopic (exact) mass is 808 g/mol. The van der Waals surface area contributed by atoms with E-state index in [0.29, 0.717) is 0 Å². The molecule has 10 rings (SSSR count). The summed E-state index contributed by atoms with van der Waals surface area (Å²) in [5.74, 6) is 0. The van der Waals surface area contributed by atoms with Crippen molar-refractivity contribution >= 4 is 82.7 Å². The van der Waals surface area contributed by atoms with Crippen LogP contribution in [0.2, 0.25) is 0 Å².